The van der Waals surface area contributed by atoms with Crippen molar-refractivity contribution in [3.63, 3.8) is 0 Å². The molecule has 7 heteroatoms. The van der Waals surface area contributed by atoms with Crippen LogP contribution in [-0.2, 0) is 16.0 Å². The van der Waals surface area contributed by atoms with Crippen LogP contribution in [0, 0.1) is 0 Å². The van der Waals surface area contributed by atoms with Crippen molar-refractivity contribution in [2.75, 3.05) is 0 Å². The van der Waals surface area contributed by atoms with Crippen LogP contribution in [0.1, 0.15) is 26.3 Å². The molecule has 21 heavy (non-hydrogen) atoms. The van der Waals surface area contributed by atoms with E-state index in [1.165, 1.54) is 24.3 Å². The third kappa shape index (κ3) is 7.94. The second-order valence-electron chi connectivity index (χ2n) is 5.39. The minimum atomic E-state index is -1.16. The number of carboxylic acid groups (broad SMARTS) is 1. The molecule has 0 aromatic heterocycles. The van der Waals surface area contributed by atoms with Gasteiger partial charge < -0.3 is 20.3 Å². The van der Waals surface area contributed by atoms with Crippen LogP contribution in [0.25, 0.3) is 0 Å². The fourth-order valence-electron chi connectivity index (χ4n) is 1.51. The van der Waals surface area contributed by atoms with Crippen molar-refractivity contribution in [3.05, 3.63) is 29.8 Å². The summed E-state index contributed by atoms with van der Waals surface area (Å²) >= 11 is 0. The number of aliphatic carboxylic acids is 1. The van der Waals surface area contributed by atoms with Crippen molar-refractivity contribution < 1.29 is 54.1 Å². The van der Waals surface area contributed by atoms with Crippen LogP contribution in [0.2, 0.25) is 0 Å². The molecule has 0 spiro atoms. The number of carbonyl (C=O) groups is 2. The molecule has 0 aliphatic carbocycles. The summed E-state index contributed by atoms with van der Waals surface area (Å²) in [5.74, 6) is -1.32. The van der Waals surface area contributed by atoms with Gasteiger partial charge in [-0.05, 0) is 26.3 Å². The molecule has 1 rings (SSSR count). The van der Waals surface area contributed by atoms with Crippen LogP contribution in [0.4, 0.5) is 4.79 Å². The van der Waals surface area contributed by atoms with E-state index in [-0.39, 0.29) is 41.7 Å². The number of amides is 1. The average Bonchev–Trinajstić information content (AvgIpc) is 2.28. The Morgan fingerprint density at radius 2 is 1.81 bits per heavy atom. The predicted octanol–water partition coefficient (Wildman–Crippen LogP) is -1.72. The Kier molecular flexibility index (Phi) is 7.78. The van der Waals surface area contributed by atoms with Crippen molar-refractivity contribution in [1.82, 2.24) is 5.32 Å². The topological polar surface area (TPSA) is 98.7 Å². The molecule has 6 nitrogen and oxygen atoms in total. The predicted molar refractivity (Wildman–Crippen MR) is 70.4 cm³/mol. The number of hydrogen-bond donors (Lipinski definition) is 2. The maximum absolute atomic E-state index is 11.6. The molecule has 0 heterocycles. The van der Waals surface area contributed by atoms with Crippen molar-refractivity contribution in [2.24, 2.45) is 0 Å². The summed E-state index contributed by atoms with van der Waals surface area (Å²) in [5.41, 5.74) is -0.0507. The van der Waals surface area contributed by atoms with Crippen LogP contribution in [-0.4, -0.2) is 28.8 Å². The number of benzene rings is 1. The van der Waals surface area contributed by atoms with E-state index in [9.17, 15) is 14.7 Å². The van der Waals surface area contributed by atoms with Gasteiger partial charge in [0.25, 0.3) is 0 Å². The number of hydrogen-bond acceptors (Lipinski definition) is 4. The number of ether oxygens (including phenoxy) is 1. The molecule has 0 saturated heterocycles. The van der Waals surface area contributed by atoms with E-state index in [0.29, 0.717) is 5.56 Å². The zero-order chi connectivity index (χ0) is 15.3. The first kappa shape index (κ1) is 19.8. The SMILES string of the molecule is CC(C)(C)OC(=O)N[C@H](Cc1ccc([O-])cc1)C(=O)O.[Na+]. The number of carbonyl (C=O) groups excluding carboxylic acids is 1. The first-order valence-corrected chi connectivity index (χ1v) is 6.15. The Hall–Kier alpha value is -1.24. The van der Waals surface area contributed by atoms with E-state index in [4.69, 9.17) is 9.84 Å². The van der Waals surface area contributed by atoms with Crippen LogP contribution < -0.4 is 40.0 Å². The molecule has 1 aromatic rings. The monoisotopic (exact) mass is 303 g/mol. The Morgan fingerprint density at radius 1 is 1.29 bits per heavy atom. The van der Waals surface area contributed by atoms with Gasteiger partial charge >= 0.3 is 41.6 Å². The van der Waals surface area contributed by atoms with Gasteiger partial charge in [0.05, 0.1) is 0 Å². The van der Waals surface area contributed by atoms with Crippen LogP contribution in [0.3, 0.4) is 0 Å². The van der Waals surface area contributed by atoms with Gasteiger partial charge in [-0.25, -0.2) is 9.59 Å². The maximum Gasteiger partial charge on any atom is 1.00 e. The molecule has 0 unspecified atom stereocenters. The molecule has 0 saturated carbocycles. The molecule has 0 fully saturated rings. The van der Waals surface area contributed by atoms with E-state index in [0.717, 1.165) is 0 Å². The van der Waals surface area contributed by atoms with Gasteiger partial charge in [-0.2, -0.15) is 0 Å². The van der Waals surface area contributed by atoms with Gasteiger partial charge in [0.15, 0.2) is 0 Å². The number of rotatable bonds is 4. The molecular formula is C14H18NNaO5. The molecule has 0 bridgehead atoms. The number of nitrogens with one attached hydrogen (secondary N) is 1. The van der Waals surface area contributed by atoms with Gasteiger partial charge in [-0.15, -0.1) is 5.75 Å². The van der Waals surface area contributed by atoms with Gasteiger partial charge in [0.2, 0.25) is 0 Å². The molecule has 1 aromatic carbocycles. The zero-order valence-corrected chi connectivity index (χ0v) is 14.7. The van der Waals surface area contributed by atoms with Crippen LogP contribution >= 0.6 is 0 Å². The normalized spacial score (nSPS) is 12.0. The van der Waals surface area contributed by atoms with Crippen LogP contribution in [0.5, 0.6) is 5.75 Å². The Bertz CT molecular complexity index is 481. The summed E-state index contributed by atoms with van der Waals surface area (Å²) in [6.45, 7) is 5.07. The largest absolute Gasteiger partial charge is 1.00 e. The van der Waals surface area contributed by atoms with Crippen LogP contribution in [0.15, 0.2) is 24.3 Å². The third-order valence-corrected chi connectivity index (χ3v) is 2.35. The van der Waals surface area contributed by atoms with Crippen molar-refractivity contribution >= 4 is 12.1 Å². The smallest absolute Gasteiger partial charge is 0.872 e. The second kappa shape index (κ2) is 8.26. The summed E-state index contributed by atoms with van der Waals surface area (Å²) < 4.78 is 5.01. The van der Waals surface area contributed by atoms with E-state index in [1.54, 1.807) is 20.8 Å². The third-order valence-electron chi connectivity index (χ3n) is 2.35. The summed E-state index contributed by atoms with van der Waals surface area (Å²) in [6, 6.07) is 4.66. The van der Waals surface area contributed by atoms with Crippen molar-refractivity contribution in [2.45, 2.75) is 38.8 Å². The molecule has 2 N–H and O–H groups in total. The van der Waals surface area contributed by atoms with Gasteiger partial charge in [-0.3, -0.25) is 0 Å². The van der Waals surface area contributed by atoms with Crippen molar-refractivity contribution in [3.8, 4) is 5.75 Å². The second-order valence-corrected chi connectivity index (χ2v) is 5.39. The summed E-state index contributed by atoms with van der Waals surface area (Å²) in [7, 11) is 0. The molecule has 1 atom stereocenters. The first-order chi connectivity index (χ1) is 9.17. The molecule has 0 aliphatic rings. The first-order valence-electron chi connectivity index (χ1n) is 6.15. The Morgan fingerprint density at radius 3 is 2.24 bits per heavy atom. The molecule has 1 amide bonds. The fourth-order valence-corrected chi connectivity index (χ4v) is 1.51. The summed E-state index contributed by atoms with van der Waals surface area (Å²) in [4.78, 5) is 22.7. The van der Waals surface area contributed by atoms with E-state index < -0.39 is 23.7 Å². The fraction of sp³-hybridized carbons (Fsp3) is 0.429. The van der Waals surface area contributed by atoms with E-state index >= 15 is 0 Å². The minimum absolute atomic E-state index is 0. The van der Waals surface area contributed by atoms with Gasteiger partial charge in [-0.1, -0.05) is 24.3 Å². The van der Waals surface area contributed by atoms with E-state index in [2.05, 4.69) is 5.32 Å². The van der Waals surface area contributed by atoms with Crippen molar-refractivity contribution in [1.29, 1.82) is 0 Å². The Labute approximate surface area is 145 Å². The minimum Gasteiger partial charge on any atom is -0.872 e. The molecule has 110 valence electrons. The van der Waals surface area contributed by atoms with Gasteiger partial charge in [0, 0.05) is 6.42 Å². The number of alkyl carbamates (subject to hydrolysis) is 1. The van der Waals surface area contributed by atoms with Gasteiger partial charge in [0.1, 0.15) is 11.6 Å². The average molecular weight is 303 g/mol. The molecule has 0 aliphatic heterocycles. The molecular weight excluding hydrogens is 285 g/mol. The number of carboxylic acids is 1. The molecule has 0 radical (unpaired) electrons. The maximum atomic E-state index is 11.6. The van der Waals surface area contributed by atoms with E-state index in [1.807, 2.05) is 0 Å². The Balaban J connectivity index is 0.00000400. The zero-order valence-electron chi connectivity index (χ0n) is 12.7. The standard InChI is InChI=1S/C14H19NO5.Na/c1-14(2,3)20-13(19)15-11(12(17)18)8-9-4-6-10(16)7-5-9;/h4-7,11,16H,8H2,1-3H3,(H,15,19)(H,17,18);/q;+1/p-1/t11-;/m1./s1. The quantitative estimate of drug-likeness (QED) is 0.645. The summed E-state index contributed by atoms with van der Waals surface area (Å²) in [6.07, 6.45) is -0.708. The summed E-state index contributed by atoms with van der Waals surface area (Å²) in [5, 5.41) is 22.4.